The Morgan fingerprint density at radius 1 is 1.16 bits per heavy atom. The third kappa shape index (κ3) is 3.35. The molecule has 0 fully saturated rings. The molecule has 0 aliphatic carbocycles. The van der Waals surface area contributed by atoms with E-state index in [-0.39, 0.29) is 11.8 Å². The van der Waals surface area contributed by atoms with Gasteiger partial charge in [0.1, 0.15) is 0 Å². The van der Waals surface area contributed by atoms with E-state index in [1.165, 1.54) is 16.9 Å². The maximum atomic E-state index is 12.8. The molecule has 4 aromatic rings. The summed E-state index contributed by atoms with van der Waals surface area (Å²) in [6.45, 7) is 4.71. The Morgan fingerprint density at radius 3 is 2.77 bits per heavy atom. The van der Waals surface area contributed by atoms with Gasteiger partial charge in [-0.1, -0.05) is 13.8 Å². The number of pyridine rings is 1. The normalized spacial score (nSPS) is 13.5. The highest BCUT2D eigenvalue weighted by Crippen LogP contribution is 2.33. The van der Waals surface area contributed by atoms with E-state index in [9.17, 15) is 9.59 Å². The number of nitrogens with one attached hydrogen (secondary N) is 1. The zero-order chi connectivity index (χ0) is 21.5. The Kier molecular flexibility index (Phi) is 4.54. The lowest BCUT2D eigenvalue weighted by Gasteiger charge is -2.10. The number of benzene rings is 1. The Balaban J connectivity index is 1.58. The molecule has 3 aromatic heterocycles. The van der Waals surface area contributed by atoms with Gasteiger partial charge >= 0.3 is 0 Å². The first-order chi connectivity index (χ1) is 15.0. The second kappa shape index (κ2) is 7.38. The van der Waals surface area contributed by atoms with Crippen molar-refractivity contribution in [3.63, 3.8) is 0 Å². The molecule has 0 unspecified atom stereocenters. The summed E-state index contributed by atoms with van der Waals surface area (Å²) in [5, 5.41) is 4.87. The first-order valence-corrected chi connectivity index (χ1v) is 9.99. The van der Waals surface area contributed by atoms with Gasteiger partial charge in [0, 0.05) is 30.3 Å². The van der Waals surface area contributed by atoms with E-state index in [0.29, 0.717) is 47.2 Å². The Hall–Kier alpha value is -3.95. The molecule has 1 N–H and O–H groups in total. The van der Waals surface area contributed by atoms with Crippen molar-refractivity contribution in [2.75, 3.05) is 18.6 Å². The van der Waals surface area contributed by atoms with Crippen LogP contribution in [0.4, 0.5) is 0 Å². The zero-order valence-corrected chi connectivity index (χ0v) is 17.0. The number of carbonyl (C=O) groups excluding carboxylic acids is 1. The summed E-state index contributed by atoms with van der Waals surface area (Å²) in [6, 6.07) is 7.23. The van der Waals surface area contributed by atoms with Crippen LogP contribution >= 0.6 is 0 Å². The quantitative estimate of drug-likeness (QED) is 0.539. The average Bonchev–Trinajstić information content (AvgIpc) is 3.07. The van der Waals surface area contributed by atoms with Crippen molar-refractivity contribution in [2.45, 2.75) is 20.3 Å². The summed E-state index contributed by atoms with van der Waals surface area (Å²) in [7, 11) is 0. The van der Waals surface area contributed by atoms with E-state index < -0.39 is 5.56 Å². The molecule has 0 spiro atoms. The zero-order valence-electron chi connectivity index (χ0n) is 17.0. The van der Waals surface area contributed by atoms with Crippen molar-refractivity contribution in [1.29, 1.82) is 0 Å². The maximum absolute atomic E-state index is 12.8. The van der Waals surface area contributed by atoms with Crippen LogP contribution in [0, 0.1) is 5.92 Å². The number of nitrogens with zero attached hydrogens (tertiary/aromatic N) is 5. The van der Waals surface area contributed by atoms with Gasteiger partial charge in [0.2, 0.25) is 5.91 Å². The molecule has 10 heteroatoms. The number of amides is 1. The highest BCUT2D eigenvalue weighted by molar-refractivity contribution is 5.86. The summed E-state index contributed by atoms with van der Waals surface area (Å²) >= 11 is 0. The number of aromatic nitrogens is 5. The molecule has 0 saturated carbocycles. The molecule has 1 aliphatic rings. The van der Waals surface area contributed by atoms with Gasteiger partial charge in [0.15, 0.2) is 17.3 Å². The molecule has 0 saturated heterocycles. The van der Waals surface area contributed by atoms with Gasteiger partial charge in [-0.05, 0) is 24.3 Å². The van der Waals surface area contributed by atoms with Crippen LogP contribution in [0.1, 0.15) is 20.3 Å². The Morgan fingerprint density at radius 2 is 1.97 bits per heavy atom. The van der Waals surface area contributed by atoms with Crippen molar-refractivity contribution < 1.29 is 14.3 Å². The van der Waals surface area contributed by atoms with Crippen molar-refractivity contribution in [3.8, 4) is 22.9 Å². The van der Waals surface area contributed by atoms with Gasteiger partial charge in [-0.25, -0.2) is 9.66 Å². The fraction of sp³-hybridized carbons (Fsp3) is 0.286. The number of hydrogen-bond acceptors (Lipinski definition) is 7. The molecule has 31 heavy (non-hydrogen) atoms. The smallest absolute Gasteiger partial charge is 0.280 e. The topological polar surface area (TPSA) is 113 Å². The third-order valence-electron chi connectivity index (χ3n) is 4.99. The highest BCUT2D eigenvalue weighted by Gasteiger charge is 2.17. The van der Waals surface area contributed by atoms with E-state index in [4.69, 9.17) is 9.47 Å². The highest BCUT2D eigenvalue weighted by atomic mass is 16.5. The number of hydrogen-bond donors (Lipinski definition) is 1. The molecule has 0 radical (unpaired) electrons. The second-order valence-corrected chi connectivity index (χ2v) is 7.54. The minimum Gasteiger partial charge on any atom is -0.490 e. The minimum atomic E-state index is -0.395. The van der Waals surface area contributed by atoms with Crippen LogP contribution in [-0.2, 0) is 4.79 Å². The van der Waals surface area contributed by atoms with Crippen LogP contribution in [0.3, 0.4) is 0 Å². The maximum Gasteiger partial charge on any atom is 0.280 e. The van der Waals surface area contributed by atoms with Crippen molar-refractivity contribution in [3.05, 3.63) is 47.0 Å². The van der Waals surface area contributed by atoms with Crippen LogP contribution in [0.2, 0.25) is 0 Å². The molecule has 158 valence electrons. The van der Waals surface area contributed by atoms with E-state index in [0.717, 1.165) is 16.7 Å². The number of carbonyl (C=O) groups is 1. The summed E-state index contributed by atoms with van der Waals surface area (Å²) in [6.07, 6.45) is 3.76. The van der Waals surface area contributed by atoms with Crippen molar-refractivity contribution in [1.82, 2.24) is 24.3 Å². The lowest BCUT2D eigenvalue weighted by molar-refractivity contribution is -0.119. The predicted molar refractivity (Wildman–Crippen MR) is 113 cm³/mol. The summed E-state index contributed by atoms with van der Waals surface area (Å²) in [5.41, 5.74) is 3.48. The average molecular weight is 420 g/mol. The van der Waals surface area contributed by atoms with Gasteiger partial charge in [0.05, 0.1) is 24.1 Å². The van der Waals surface area contributed by atoms with Crippen LogP contribution < -0.4 is 20.5 Å². The van der Waals surface area contributed by atoms with Crippen LogP contribution in [0.15, 0.2) is 41.5 Å². The standard InChI is InChI=1S/C21H20N6O4/c1-12(2)19(28)25-26-7-6-15-14(20(26)29)11-22-21-23-18(24-27(15)21)13-4-5-16-17(10-13)31-9-3-8-30-16/h4-7,10-12H,3,8-9H2,1-2H3,(H,25,28). The monoisotopic (exact) mass is 420 g/mol. The molecule has 0 bridgehead atoms. The Labute approximate surface area is 176 Å². The number of rotatable bonds is 3. The van der Waals surface area contributed by atoms with E-state index in [2.05, 4.69) is 20.5 Å². The minimum absolute atomic E-state index is 0.253. The molecule has 5 rings (SSSR count). The fourth-order valence-electron chi connectivity index (χ4n) is 3.28. The molecule has 10 nitrogen and oxygen atoms in total. The molecule has 1 aliphatic heterocycles. The van der Waals surface area contributed by atoms with Crippen LogP contribution in [-0.4, -0.2) is 43.4 Å². The third-order valence-corrected chi connectivity index (χ3v) is 4.99. The first kappa shape index (κ1) is 19.0. The van der Waals surface area contributed by atoms with E-state index >= 15 is 0 Å². The summed E-state index contributed by atoms with van der Waals surface area (Å²) < 4.78 is 14.1. The van der Waals surface area contributed by atoms with Crippen LogP contribution in [0.25, 0.3) is 28.1 Å². The van der Waals surface area contributed by atoms with Crippen LogP contribution in [0.5, 0.6) is 11.5 Å². The molecule has 4 heterocycles. The summed E-state index contributed by atoms with van der Waals surface area (Å²) in [4.78, 5) is 33.6. The fourth-order valence-corrected chi connectivity index (χ4v) is 3.28. The SMILES string of the molecule is CC(C)C(=O)Nn1ccc2c(cnc3nc(-c4ccc5c(c4)OCCCO5)nn32)c1=O. The molecule has 1 aromatic carbocycles. The lowest BCUT2D eigenvalue weighted by Crippen LogP contribution is -2.35. The van der Waals surface area contributed by atoms with E-state index in [1.807, 2.05) is 18.2 Å². The largest absolute Gasteiger partial charge is 0.490 e. The van der Waals surface area contributed by atoms with Gasteiger partial charge in [-0.2, -0.15) is 9.50 Å². The number of ether oxygens (including phenoxy) is 2. The van der Waals surface area contributed by atoms with Gasteiger partial charge in [0.25, 0.3) is 11.3 Å². The van der Waals surface area contributed by atoms with Gasteiger partial charge in [-0.15, -0.1) is 5.10 Å². The predicted octanol–water partition coefficient (Wildman–Crippen LogP) is 1.99. The molecular weight excluding hydrogens is 400 g/mol. The molecule has 0 atom stereocenters. The molecular formula is C21H20N6O4. The number of fused-ring (bicyclic) bond motifs is 4. The van der Waals surface area contributed by atoms with Crippen molar-refractivity contribution >= 4 is 22.6 Å². The lowest BCUT2D eigenvalue weighted by atomic mass is 10.2. The molecule has 1 amide bonds. The first-order valence-electron chi connectivity index (χ1n) is 9.99. The second-order valence-electron chi connectivity index (χ2n) is 7.54. The Bertz CT molecular complexity index is 1370. The van der Waals surface area contributed by atoms with Gasteiger partial charge < -0.3 is 9.47 Å². The van der Waals surface area contributed by atoms with Crippen molar-refractivity contribution in [2.24, 2.45) is 5.92 Å². The summed E-state index contributed by atoms with van der Waals surface area (Å²) in [5.74, 6) is 1.64. The van der Waals surface area contributed by atoms with E-state index in [1.54, 1.807) is 19.9 Å². The van der Waals surface area contributed by atoms with Gasteiger partial charge in [-0.3, -0.25) is 15.0 Å².